The van der Waals surface area contributed by atoms with Crippen LogP contribution >= 0.6 is 0 Å². The molecule has 1 unspecified atom stereocenters. The van der Waals surface area contributed by atoms with Gasteiger partial charge in [-0.05, 0) is 116 Å². The Hall–Kier alpha value is -4.22. The van der Waals surface area contributed by atoms with Gasteiger partial charge in [0, 0.05) is 12.8 Å². The zero-order valence-electron chi connectivity index (χ0n) is 52.0. The molecule has 0 aromatic carbocycles. The molecule has 0 saturated carbocycles. The summed E-state index contributed by atoms with van der Waals surface area (Å²) < 4.78 is 10.7. The topological polar surface area (TPSA) is 72.8 Å². The molecule has 0 amide bonds. The molecule has 454 valence electrons. The van der Waals surface area contributed by atoms with Gasteiger partial charge in [0.1, 0.15) is 6.61 Å². The minimum Gasteiger partial charge on any atom is -0.462 e. The van der Waals surface area contributed by atoms with Crippen LogP contribution in [0.25, 0.3) is 0 Å². The Morgan fingerprint density at radius 1 is 0.287 bits per heavy atom. The molecule has 5 heteroatoms. The van der Waals surface area contributed by atoms with Crippen LogP contribution in [0.2, 0.25) is 0 Å². The summed E-state index contributed by atoms with van der Waals surface area (Å²) in [5, 5.41) is 9.69. The van der Waals surface area contributed by atoms with Crippen molar-refractivity contribution in [1.29, 1.82) is 0 Å². The highest BCUT2D eigenvalue weighted by atomic mass is 16.6. The zero-order valence-corrected chi connectivity index (χ0v) is 52.0. The number of aliphatic hydroxyl groups is 1. The van der Waals surface area contributed by atoms with Crippen LogP contribution in [0.1, 0.15) is 296 Å². The summed E-state index contributed by atoms with van der Waals surface area (Å²) in [5.41, 5.74) is 0. The van der Waals surface area contributed by atoms with E-state index in [1.54, 1.807) is 0 Å². The lowest BCUT2D eigenvalue weighted by Gasteiger charge is -2.15. The van der Waals surface area contributed by atoms with Crippen LogP contribution in [0, 0.1) is 0 Å². The number of hydrogen-bond donors (Lipinski definition) is 1. The first-order valence-corrected chi connectivity index (χ1v) is 33.4. The van der Waals surface area contributed by atoms with Gasteiger partial charge in [-0.1, -0.05) is 314 Å². The van der Waals surface area contributed by atoms with E-state index in [-0.39, 0.29) is 25.2 Å². The first-order valence-electron chi connectivity index (χ1n) is 33.4. The summed E-state index contributed by atoms with van der Waals surface area (Å²) in [6.07, 6.45) is 104. The molecular formula is C75H124O5. The molecule has 80 heavy (non-hydrogen) atoms. The molecule has 0 rings (SSSR count). The van der Waals surface area contributed by atoms with Crippen LogP contribution in [0.15, 0.2) is 146 Å². The molecule has 1 N–H and O–H groups in total. The largest absolute Gasteiger partial charge is 0.462 e. The Morgan fingerprint density at radius 2 is 0.500 bits per heavy atom. The summed E-state index contributed by atoms with van der Waals surface area (Å²) in [4.78, 5) is 24.6. The highest BCUT2D eigenvalue weighted by molar-refractivity contribution is 5.70. The maximum atomic E-state index is 12.3. The second-order valence-electron chi connectivity index (χ2n) is 21.8. The molecule has 0 aliphatic carbocycles. The average molecular weight is 1110 g/mol. The Balaban J connectivity index is 3.50. The number of rotatable bonds is 60. The van der Waals surface area contributed by atoms with E-state index in [1.807, 2.05) is 0 Å². The van der Waals surface area contributed by atoms with Gasteiger partial charge in [0.25, 0.3) is 0 Å². The van der Waals surface area contributed by atoms with Gasteiger partial charge in [0.05, 0.1) is 6.61 Å². The second-order valence-corrected chi connectivity index (χ2v) is 21.8. The number of aliphatic hydroxyl groups excluding tert-OH is 1. The monoisotopic (exact) mass is 1100 g/mol. The number of esters is 2. The fourth-order valence-electron chi connectivity index (χ4n) is 9.21. The summed E-state index contributed by atoms with van der Waals surface area (Å²) in [7, 11) is 0. The fraction of sp³-hybridized carbons (Fsp3) is 0.653. The number of hydrogen-bond acceptors (Lipinski definition) is 5. The van der Waals surface area contributed by atoms with E-state index in [0.717, 1.165) is 122 Å². The maximum Gasteiger partial charge on any atom is 0.306 e. The lowest BCUT2D eigenvalue weighted by molar-refractivity contribution is -0.161. The SMILES string of the molecule is CC/C=C\C/C=C\C/C=C\C/C=C\C/C=C\C/C=C\C/C=C\CCCCCCCCCC(=O)OC(CO)COC(=O)CCCCCCCCCCCCCCCCCCCCCCC/C=C\C/C=C\C/C=C\C/C=C\C/C=C\CC. The third kappa shape index (κ3) is 66.3. The van der Waals surface area contributed by atoms with Crippen molar-refractivity contribution in [2.24, 2.45) is 0 Å². The predicted octanol–water partition coefficient (Wildman–Crippen LogP) is 23.3. The van der Waals surface area contributed by atoms with Crippen LogP contribution < -0.4 is 0 Å². The quantitative estimate of drug-likeness (QED) is 0.0373. The van der Waals surface area contributed by atoms with Crippen molar-refractivity contribution in [2.45, 2.75) is 302 Å². The minimum atomic E-state index is -0.788. The van der Waals surface area contributed by atoms with E-state index in [2.05, 4.69) is 160 Å². The molecule has 0 heterocycles. The molecule has 0 aliphatic rings. The van der Waals surface area contributed by atoms with Crippen molar-refractivity contribution in [3.8, 4) is 0 Å². The van der Waals surface area contributed by atoms with Gasteiger partial charge >= 0.3 is 11.9 Å². The lowest BCUT2D eigenvalue weighted by atomic mass is 10.0. The van der Waals surface area contributed by atoms with Crippen LogP contribution in [0.4, 0.5) is 0 Å². The molecule has 0 aromatic rings. The predicted molar refractivity (Wildman–Crippen MR) is 352 cm³/mol. The third-order valence-corrected chi connectivity index (χ3v) is 14.1. The van der Waals surface area contributed by atoms with E-state index in [0.29, 0.717) is 12.8 Å². The number of allylic oxidation sites excluding steroid dienone is 24. The third-order valence-electron chi connectivity index (χ3n) is 14.1. The Morgan fingerprint density at radius 3 is 0.750 bits per heavy atom. The number of ether oxygens (including phenoxy) is 2. The van der Waals surface area contributed by atoms with Crippen molar-refractivity contribution in [1.82, 2.24) is 0 Å². The van der Waals surface area contributed by atoms with Crippen molar-refractivity contribution < 1.29 is 24.2 Å². The highest BCUT2D eigenvalue weighted by Crippen LogP contribution is 2.17. The van der Waals surface area contributed by atoms with Gasteiger partial charge < -0.3 is 14.6 Å². The van der Waals surface area contributed by atoms with E-state index in [9.17, 15) is 14.7 Å². The second kappa shape index (κ2) is 69.1. The van der Waals surface area contributed by atoms with Crippen LogP contribution in [0.3, 0.4) is 0 Å². The normalized spacial score (nSPS) is 13.2. The molecule has 0 saturated heterocycles. The van der Waals surface area contributed by atoms with Crippen LogP contribution in [-0.4, -0.2) is 36.4 Å². The zero-order chi connectivity index (χ0) is 57.6. The Kier molecular flexibility index (Phi) is 65.4. The summed E-state index contributed by atoms with van der Waals surface area (Å²) in [6, 6.07) is 0. The average Bonchev–Trinajstić information content (AvgIpc) is 3.46. The molecule has 0 spiro atoms. The van der Waals surface area contributed by atoms with Crippen molar-refractivity contribution in [3.63, 3.8) is 0 Å². The van der Waals surface area contributed by atoms with E-state index in [4.69, 9.17) is 9.47 Å². The Labute approximate surface area is 495 Å². The van der Waals surface area contributed by atoms with Crippen LogP contribution in [-0.2, 0) is 19.1 Å². The van der Waals surface area contributed by atoms with Gasteiger partial charge in [0.15, 0.2) is 6.10 Å². The first kappa shape index (κ1) is 75.8. The van der Waals surface area contributed by atoms with Crippen molar-refractivity contribution >= 4 is 11.9 Å². The summed E-state index contributed by atoms with van der Waals surface area (Å²) in [5.74, 6) is -0.601. The fourth-order valence-corrected chi connectivity index (χ4v) is 9.21. The van der Waals surface area contributed by atoms with Gasteiger partial charge in [-0.15, -0.1) is 0 Å². The van der Waals surface area contributed by atoms with Crippen molar-refractivity contribution in [2.75, 3.05) is 13.2 Å². The summed E-state index contributed by atoms with van der Waals surface area (Å²) in [6.45, 7) is 3.92. The molecule has 0 radical (unpaired) electrons. The van der Waals surface area contributed by atoms with E-state index >= 15 is 0 Å². The maximum absolute atomic E-state index is 12.3. The highest BCUT2D eigenvalue weighted by Gasteiger charge is 2.16. The van der Waals surface area contributed by atoms with Gasteiger partial charge in [0.2, 0.25) is 0 Å². The van der Waals surface area contributed by atoms with Gasteiger partial charge in [-0.25, -0.2) is 0 Å². The first-order chi connectivity index (χ1) is 39.6. The van der Waals surface area contributed by atoms with Gasteiger partial charge in [-0.2, -0.15) is 0 Å². The molecule has 0 aliphatic heterocycles. The number of carbonyl (C=O) groups is 2. The standard InChI is InChI=1S/C75H124O5/c1-3-5-7-9-11-13-15-17-19-21-23-25-27-29-31-33-34-35-36-37-38-39-40-42-43-45-47-49-51-53-55-57-59-61-63-65-67-69-74(77)79-72-73(71-76)80-75(78)70-68-66-64-62-60-58-56-54-52-50-48-46-44-41-32-30-28-26-24-22-20-18-16-14-12-10-8-6-4-2/h5-8,11-14,17-20,23-26,29-32,44,46,50,52,73,76H,3-4,9-10,15-16,21-22,27-28,33-43,45,47-49,51,53-72H2,1-2H3/b7-5-,8-6-,13-11-,14-12-,19-17-,20-18-,25-23-,26-24-,31-29-,32-30-,46-44-,52-50-. The van der Waals surface area contributed by atoms with E-state index < -0.39 is 6.10 Å². The van der Waals surface area contributed by atoms with E-state index in [1.165, 1.54) is 148 Å². The lowest BCUT2D eigenvalue weighted by Crippen LogP contribution is -2.28. The smallest absolute Gasteiger partial charge is 0.306 e. The molecular weight excluding hydrogens is 981 g/mol. The molecule has 0 aromatic heterocycles. The molecule has 0 bridgehead atoms. The summed E-state index contributed by atoms with van der Waals surface area (Å²) >= 11 is 0. The van der Waals surface area contributed by atoms with Crippen molar-refractivity contribution in [3.05, 3.63) is 146 Å². The number of unbranched alkanes of at least 4 members (excludes halogenated alkanes) is 28. The van der Waals surface area contributed by atoms with Gasteiger partial charge in [-0.3, -0.25) is 9.59 Å². The molecule has 5 nitrogen and oxygen atoms in total. The van der Waals surface area contributed by atoms with Crippen LogP contribution in [0.5, 0.6) is 0 Å². The Bertz CT molecular complexity index is 1680. The molecule has 1 atom stereocenters. The minimum absolute atomic E-state index is 0.0756. The number of carbonyl (C=O) groups excluding carboxylic acids is 2. The molecule has 0 fully saturated rings.